The molecule has 0 saturated carbocycles. The van der Waals surface area contributed by atoms with E-state index in [9.17, 15) is 29.1 Å². The molecule has 20 nitrogen and oxygen atoms in total. The van der Waals surface area contributed by atoms with Crippen LogP contribution in [0.2, 0.25) is 0 Å². The van der Waals surface area contributed by atoms with Crippen molar-refractivity contribution in [2.75, 3.05) is 42.1 Å². The summed E-state index contributed by atoms with van der Waals surface area (Å²) in [5.41, 5.74) is 1.27. The molecule has 1 amide bonds. The average Bonchev–Trinajstić information content (AvgIpc) is 4.14. The van der Waals surface area contributed by atoms with Crippen LogP contribution in [0, 0.1) is 23.7 Å². The van der Waals surface area contributed by atoms with Gasteiger partial charge in [0.1, 0.15) is 42.9 Å². The number of carbonyl (C=O) groups is 5. The first kappa shape index (κ1) is 58.0. The van der Waals surface area contributed by atoms with Crippen LogP contribution in [0.5, 0.6) is 0 Å². The number of aromatic nitrogens is 3. The molecule has 3 aromatic heterocycles. The fourth-order valence-corrected chi connectivity index (χ4v) is 8.57. The Morgan fingerprint density at radius 2 is 1.62 bits per heavy atom. The molecule has 6 bridgehead atoms. The van der Waals surface area contributed by atoms with E-state index in [2.05, 4.69) is 15.0 Å². The van der Waals surface area contributed by atoms with Crippen LogP contribution < -0.4 is 0 Å². The number of ether oxygens (including phenoxy) is 7. The van der Waals surface area contributed by atoms with Crippen LogP contribution in [0.25, 0.3) is 29.2 Å². The number of fused-ring (bicyclic) bond motifs is 8. The second kappa shape index (κ2) is 29.1. The number of rotatable bonds is 20. The van der Waals surface area contributed by atoms with E-state index in [-0.39, 0.29) is 74.0 Å². The highest BCUT2D eigenvalue weighted by Crippen LogP contribution is 2.32. The second-order valence-corrected chi connectivity index (χ2v) is 18.5. The van der Waals surface area contributed by atoms with Crippen molar-refractivity contribution in [2.24, 2.45) is 23.7 Å². The first-order valence-electron chi connectivity index (χ1n) is 24.1. The fourth-order valence-electron chi connectivity index (χ4n) is 8.57. The van der Waals surface area contributed by atoms with E-state index in [0.29, 0.717) is 49.2 Å². The van der Waals surface area contributed by atoms with E-state index < -0.39 is 78.4 Å². The van der Waals surface area contributed by atoms with Crippen molar-refractivity contribution in [1.29, 1.82) is 0 Å². The van der Waals surface area contributed by atoms with Gasteiger partial charge in [0.25, 0.3) is 0 Å². The minimum atomic E-state index is -1.06. The summed E-state index contributed by atoms with van der Waals surface area (Å²) in [5.74, 6) is -2.96. The van der Waals surface area contributed by atoms with Crippen LogP contribution in [-0.4, -0.2) is 140 Å². The zero-order chi connectivity index (χ0) is 52.2. The van der Waals surface area contributed by atoms with Crippen LogP contribution in [0.4, 0.5) is 0 Å². The minimum absolute atomic E-state index is 0.0278. The normalized spacial score (nSPS) is 23.2. The minimum Gasteiger partial charge on any atom is -0.462 e. The quantitative estimate of drug-likeness (QED) is 0.0670. The number of amides is 1. The third-order valence-corrected chi connectivity index (χ3v) is 13.0. The van der Waals surface area contributed by atoms with Gasteiger partial charge in [-0.05, 0) is 44.1 Å². The van der Waals surface area contributed by atoms with Gasteiger partial charge in [0.05, 0.1) is 37.0 Å². The summed E-state index contributed by atoms with van der Waals surface area (Å²) in [5, 5.41) is 11.0. The molecule has 0 radical (unpaired) electrons. The van der Waals surface area contributed by atoms with Crippen LogP contribution >= 0.6 is 0 Å². The summed E-state index contributed by atoms with van der Waals surface area (Å²) >= 11 is 0. The summed E-state index contributed by atoms with van der Waals surface area (Å²) in [6.07, 6.45) is 8.42. The van der Waals surface area contributed by atoms with E-state index in [4.69, 9.17) is 46.4 Å². The van der Waals surface area contributed by atoms with Crippen LogP contribution in [0.3, 0.4) is 0 Å². The molecule has 394 valence electrons. The number of oxazole rings is 3. The Morgan fingerprint density at radius 1 is 0.915 bits per heavy atom. The highest BCUT2D eigenvalue weighted by Gasteiger charge is 2.38. The Bertz CT molecular complexity index is 2180. The maximum atomic E-state index is 13.7. The van der Waals surface area contributed by atoms with E-state index in [1.54, 1.807) is 39.6 Å². The van der Waals surface area contributed by atoms with Crippen molar-refractivity contribution in [1.82, 2.24) is 19.9 Å². The first-order chi connectivity index (χ1) is 33.9. The summed E-state index contributed by atoms with van der Waals surface area (Å²) in [7, 11) is 7.54. The Kier molecular flexibility index (Phi) is 23.8. The lowest BCUT2D eigenvalue weighted by Crippen LogP contribution is -2.42. The van der Waals surface area contributed by atoms with Gasteiger partial charge in [-0.1, -0.05) is 46.8 Å². The SMILES string of the molecule is COCC(OC)C(=O)OC(CCC(C)C(CC1OC(=O)CC(O)CCCC(=O)CC(C)c2coc(n2)-c2coc(n2)-c2coc(n2)/C=C/CC(OC)C1C)OC)C(C)C(OC(C)=O)C(C)/C=C/N(C)C=O. The molecular formula is C51H74N4O16. The lowest BCUT2D eigenvalue weighted by atomic mass is 9.83. The van der Waals surface area contributed by atoms with E-state index in [1.807, 2.05) is 40.7 Å². The van der Waals surface area contributed by atoms with Gasteiger partial charge < -0.3 is 56.4 Å². The zero-order valence-corrected chi connectivity index (χ0v) is 43.0. The van der Waals surface area contributed by atoms with Crippen LogP contribution in [-0.2, 0) is 57.1 Å². The lowest BCUT2D eigenvalue weighted by Gasteiger charge is -2.35. The predicted molar refractivity (Wildman–Crippen MR) is 257 cm³/mol. The highest BCUT2D eigenvalue weighted by molar-refractivity contribution is 5.79. The number of carbonyl (C=O) groups excluding carboxylic acids is 5. The molecule has 20 heteroatoms. The van der Waals surface area contributed by atoms with Crippen LogP contribution in [0.15, 0.2) is 50.4 Å². The maximum Gasteiger partial charge on any atom is 0.337 e. The molecule has 4 rings (SSSR count). The van der Waals surface area contributed by atoms with Crippen molar-refractivity contribution in [3.63, 3.8) is 0 Å². The second-order valence-electron chi connectivity index (χ2n) is 18.5. The predicted octanol–water partition coefficient (Wildman–Crippen LogP) is 7.15. The van der Waals surface area contributed by atoms with Crippen molar-refractivity contribution in [3.05, 3.63) is 48.7 Å². The number of Topliss-reactive ketones (excluding diaryl/α,β-unsaturated/α-hetero) is 1. The third-order valence-electron chi connectivity index (χ3n) is 13.0. The summed E-state index contributed by atoms with van der Waals surface area (Å²) in [6.45, 7) is 10.7. The number of esters is 3. The Labute approximate surface area is 416 Å². The molecule has 1 aliphatic heterocycles. The highest BCUT2D eigenvalue weighted by atomic mass is 16.6. The van der Waals surface area contributed by atoms with Gasteiger partial charge in [0.2, 0.25) is 24.1 Å². The van der Waals surface area contributed by atoms with Gasteiger partial charge in [-0.15, -0.1) is 0 Å². The molecule has 12 unspecified atom stereocenters. The molecule has 3 aromatic rings. The molecule has 0 saturated heterocycles. The number of aliphatic hydroxyl groups is 1. The Hall–Kier alpha value is -5.54. The molecule has 0 spiro atoms. The monoisotopic (exact) mass is 999 g/mol. The largest absolute Gasteiger partial charge is 0.462 e. The molecule has 0 aromatic carbocycles. The number of ketones is 1. The molecule has 0 fully saturated rings. The fraction of sp³-hybridized carbons (Fsp3) is 0.647. The number of aliphatic hydroxyl groups excluding tert-OH is 1. The molecule has 0 aliphatic carbocycles. The van der Waals surface area contributed by atoms with E-state index in [1.165, 1.54) is 44.8 Å². The lowest BCUT2D eigenvalue weighted by molar-refractivity contribution is -0.173. The van der Waals surface area contributed by atoms with E-state index in [0.717, 1.165) is 0 Å². The number of hydrogen-bond acceptors (Lipinski definition) is 19. The standard InChI is InChI=1S/C51H74N4O16/c1-30(18-19-42(71-51(61)45(65-11)28-62-8)34(5)48(69-35(6)57)31(2)20-21-55(7)29-56)43(64-10)24-44-33(4)41(63-9)16-13-17-46-52-39(26-66-46)49-54-40(27-68-49)50-53-38(25-67-50)32(3)22-36(58)14-12-15-37(59)23-47(60)70-44/h13,17,20-21,25-27,29-34,37,41-45,48,59H,12,14-16,18-19,22-24,28H2,1-11H3/b17-13+,21-20+. The Balaban J connectivity index is 1.59. The summed E-state index contributed by atoms with van der Waals surface area (Å²) < 4.78 is 57.9. The van der Waals surface area contributed by atoms with Gasteiger partial charge >= 0.3 is 17.9 Å². The van der Waals surface area contributed by atoms with Gasteiger partial charge in [0.15, 0.2) is 17.5 Å². The van der Waals surface area contributed by atoms with Gasteiger partial charge in [-0.2, -0.15) is 0 Å². The number of nitrogens with zero attached hydrogens (tertiary/aromatic N) is 4. The third kappa shape index (κ3) is 17.9. The van der Waals surface area contributed by atoms with Gasteiger partial charge in [-0.3, -0.25) is 19.2 Å². The summed E-state index contributed by atoms with van der Waals surface area (Å²) in [6, 6.07) is 0. The van der Waals surface area contributed by atoms with Crippen molar-refractivity contribution >= 4 is 36.2 Å². The Morgan fingerprint density at radius 3 is 2.30 bits per heavy atom. The number of hydrogen-bond donors (Lipinski definition) is 1. The van der Waals surface area contributed by atoms with Crippen molar-refractivity contribution in [3.8, 4) is 23.2 Å². The van der Waals surface area contributed by atoms with Gasteiger partial charge in [0, 0.05) is 91.5 Å². The molecule has 1 N–H and O–H groups in total. The zero-order valence-electron chi connectivity index (χ0n) is 43.0. The molecule has 4 heterocycles. The first-order valence-corrected chi connectivity index (χ1v) is 24.1. The summed E-state index contributed by atoms with van der Waals surface area (Å²) in [4.78, 5) is 78.8. The molecule has 12 atom stereocenters. The topological polar surface area (TPSA) is 252 Å². The smallest absolute Gasteiger partial charge is 0.337 e. The average molecular weight is 999 g/mol. The van der Waals surface area contributed by atoms with Crippen molar-refractivity contribution < 1.29 is 75.5 Å². The molecule has 1 aliphatic rings. The molecular weight excluding hydrogens is 925 g/mol. The number of methoxy groups -OCH3 is 4. The van der Waals surface area contributed by atoms with E-state index >= 15 is 0 Å². The van der Waals surface area contributed by atoms with Crippen LogP contribution in [0.1, 0.15) is 117 Å². The number of cyclic esters (lactones) is 1. The van der Waals surface area contributed by atoms with Gasteiger partial charge in [-0.25, -0.2) is 19.7 Å². The molecule has 71 heavy (non-hydrogen) atoms. The maximum absolute atomic E-state index is 13.7. The van der Waals surface area contributed by atoms with Crippen molar-refractivity contribution in [2.45, 2.75) is 148 Å².